The van der Waals surface area contributed by atoms with Crippen LogP contribution in [0.4, 0.5) is 8.78 Å². The average molecular weight is 348 g/mol. The van der Waals surface area contributed by atoms with E-state index >= 15 is 0 Å². The monoisotopic (exact) mass is 347 g/mol. The van der Waals surface area contributed by atoms with E-state index in [1.54, 1.807) is 23.1 Å². The largest absolute Gasteiger partial charge is 0.465 e. The molecule has 0 amide bonds. The first-order valence-electron chi connectivity index (χ1n) is 6.38. The summed E-state index contributed by atoms with van der Waals surface area (Å²) >= 11 is 3.30. The first-order chi connectivity index (χ1) is 9.41. The van der Waals surface area contributed by atoms with E-state index in [-0.39, 0.29) is 13.0 Å². The van der Waals surface area contributed by atoms with E-state index in [1.165, 1.54) is 7.11 Å². The summed E-state index contributed by atoms with van der Waals surface area (Å²) in [7, 11) is 1.31. The van der Waals surface area contributed by atoms with E-state index in [1.807, 2.05) is 0 Å². The van der Waals surface area contributed by atoms with Crippen molar-refractivity contribution < 1.29 is 18.3 Å². The number of carbonyl (C=O) groups is 1. The minimum Gasteiger partial charge on any atom is -0.465 e. The lowest BCUT2D eigenvalue weighted by atomic mass is 10.0. The molecule has 0 radical (unpaired) electrons. The Morgan fingerprint density at radius 2 is 2.25 bits per heavy atom. The predicted molar refractivity (Wildman–Crippen MR) is 74.9 cm³/mol. The molecule has 1 saturated heterocycles. The smallest absolute Gasteiger partial charge is 0.338 e. The number of esters is 1. The van der Waals surface area contributed by atoms with Gasteiger partial charge in [0.25, 0.3) is 5.92 Å². The Morgan fingerprint density at radius 3 is 2.90 bits per heavy atom. The zero-order valence-corrected chi connectivity index (χ0v) is 12.8. The van der Waals surface area contributed by atoms with Crippen LogP contribution >= 0.6 is 15.9 Å². The Morgan fingerprint density at radius 1 is 1.50 bits per heavy atom. The Hall–Kier alpha value is -1.01. The molecule has 0 N–H and O–H groups in total. The van der Waals surface area contributed by atoms with E-state index in [0.717, 1.165) is 4.47 Å². The van der Waals surface area contributed by atoms with Gasteiger partial charge in [-0.3, -0.25) is 4.90 Å². The fourth-order valence-corrected chi connectivity index (χ4v) is 2.77. The molecule has 1 fully saturated rings. The van der Waals surface area contributed by atoms with Crippen LogP contribution in [0.1, 0.15) is 28.8 Å². The predicted octanol–water partition coefficient (Wildman–Crippen LogP) is 3.47. The second-order valence-corrected chi connectivity index (χ2v) is 5.88. The second-order valence-electron chi connectivity index (χ2n) is 4.96. The number of nitrogens with zero attached hydrogens (tertiary/aromatic N) is 1. The van der Waals surface area contributed by atoms with Crippen LogP contribution < -0.4 is 0 Å². The molecule has 0 unspecified atom stereocenters. The third kappa shape index (κ3) is 3.76. The molecule has 1 heterocycles. The first kappa shape index (κ1) is 15.4. The molecular formula is C14H16BrF2NO2. The molecule has 1 aromatic carbocycles. The van der Waals surface area contributed by atoms with Crippen LogP contribution in [0.2, 0.25) is 0 Å². The lowest BCUT2D eigenvalue weighted by Crippen LogP contribution is -2.42. The van der Waals surface area contributed by atoms with Gasteiger partial charge in [0, 0.05) is 17.4 Å². The summed E-state index contributed by atoms with van der Waals surface area (Å²) < 4.78 is 32.3. The van der Waals surface area contributed by atoms with E-state index in [2.05, 4.69) is 15.9 Å². The SMILES string of the molecule is COC(=O)c1cc(Br)ccc1CN1CCCC(F)(F)C1. The number of hydrogen-bond acceptors (Lipinski definition) is 3. The minimum absolute atomic E-state index is 0.0618. The first-order valence-corrected chi connectivity index (χ1v) is 7.17. The third-order valence-corrected chi connectivity index (χ3v) is 3.84. The molecule has 1 aromatic rings. The number of halogens is 3. The molecule has 0 spiro atoms. The van der Waals surface area contributed by atoms with Crippen LogP contribution in [0.5, 0.6) is 0 Å². The molecule has 1 aliphatic heterocycles. The van der Waals surface area contributed by atoms with Gasteiger partial charge in [0.05, 0.1) is 19.2 Å². The normalized spacial score (nSPS) is 18.8. The minimum atomic E-state index is -2.64. The van der Waals surface area contributed by atoms with Crippen LogP contribution in [-0.2, 0) is 11.3 Å². The number of carbonyl (C=O) groups excluding carboxylic acids is 1. The van der Waals surface area contributed by atoms with Crippen molar-refractivity contribution in [2.24, 2.45) is 0 Å². The maximum Gasteiger partial charge on any atom is 0.338 e. The van der Waals surface area contributed by atoms with Gasteiger partial charge in [-0.15, -0.1) is 0 Å². The molecule has 6 heteroatoms. The molecule has 0 bridgehead atoms. The molecule has 2 rings (SSSR count). The second kappa shape index (κ2) is 6.18. The number of alkyl halides is 2. The molecule has 0 aliphatic carbocycles. The summed E-state index contributed by atoms with van der Waals surface area (Å²) in [5, 5.41) is 0. The number of piperidine rings is 1. The summed E-state index contributed by atoms with van der Waals surface area (Å²) in [5.41, 5.74) is 1.12. The van der Waals surface area contributed by atoms with Crippen LogP contribution in [0.15, 0.2) is 22.7 Å². The molecule has 110 valence electrons. The Kier molecular flexibility index (Phi) is 4.75. The van der Waals surface area contributed by atoms with Gasteiger partial charge >= 0.3 is 5.97 Å². The fourth-order valence-electron chi connectivity index (χ4n) is 2.41. The Balaban J connectivity index is 2.18. The third-order valence-electron chi connectivity index (χ3n) is 3.34. The summed E-state index contributed by atoms with van der Waals surface area (Å²) in [5.74, 6) is -3.09. The summed E-state index contributed by atoms with van der Waals surface area (Å²) in [6, 6.07) is 5.22. The van der Waals surface area contributed by atoms with Gasteiger partial charge in [-0.05, 0) is 30.7 Å². The van der Waals surface area contributed by atoms with Gasteiger partial charge in [0.2, 0.25) is 0 Å². The zero-order valence-electron chi connectivity index (χ0n) is 11.2. The van der Waals surface area contributed by atoms with E-state index in [9.17, 15) is 13.6 Å². The molecule has 0 aromatic heterocycles. The van der Waals surface area contributed by atoms with Crippen molar-refractivity contribution in [1.82, 2.24) is 4.90 Å². The van der Waals surface area contributed by atoms with Gasteiger partial charge < -0.3 is 4.74 Å². The zero-order chi connectivity index (χ0) is 14.8. The molecule has 20 heavy (non-hydrogen) atoms. The fraction of sp³-hybridized carbons (Fsp3) is 0.500. The van der Waals surface area contributed by atoms with Gasteiger partial charge in [0.15, 0.2) is 0 Å². The lowest BCUT2D eigenvalue weighted by Gasteiger charge is -2.32. The molecule has 1 aliphatic rings. The summed E-state index contributed by atoms with van der Waals surface area (Å²) in [6.07, 6.45) is 0.408. The van der Waals surface area contributed by atoms with Crippen molar-refractivity contribution in [3.05, 3.63) is 33.8 Å². The highest BCUT2D eigenvalue weighted by Gasteiger charge is 2.35. The maximum absolute atomic E-state index is 13.4. The maximum atomic E-state index is 13.4. The quantitative estimate of drug-likeness (QED) is 0.784. The number of benzene rings is 1. The highest BCUT2D eigenvalue weighted by atomic mass is 79.9. The lowest BCUT2D eigenvalue weighted by molar-refractivity contribution is -0.0661. The van der Waals surface area contributed by atoms with Crippen molar-refractivity contribution in [1.29, 1.82) is 0 Å². The summed E-state index contributed by atoms with van der Waals surface area (Å²) in [6.45, 7) is 0.684. The molecular weight excluding hydrogens is 332 g/mol. The highest BCUT2D eigenvalue weighted by molar-refractivity contribution is 9.10. The van der Waals surface area contributed by atoms with Crippen molar-refractivity contribution in [2.75, 3.05) is 20.2 Å². The van der Waals surface area contributed by atoms with E-state index in [0.29, 0.717) is 30.6 Å². The van der Waals surface area contributed by atoms with Crippen molar-refractivity contribution in [3.8, 4) is 0 Å². The molecule has 3 nitrogen and oxygen atoms in total. The van der Waals surface area contributed by atoms with Crippen molar-refractivity contribution in [2.45, 2.75) is 25.3 Å². The van der Waals surface area contributed by atoms with E-state index < -0.39 is 11.9 Å². The number of rotatable bonds is 3. The van der Waals surface area contributed by atoms with Gasteiger partial charge in [-0.1, -0.05) is 22.0 Å². The van der Waals surface area contributed by atoms with Gasteiger partial charge in [-0.25, -0.2) is 13.6 Å². The van der Waals surface area contributed by atoms with Crippen LogP contribution in [0, 0.1) is 0 Å². The summed E-state index contributed by atoms with van der Waals surface area (Å²) in [4.78, 5) is 13.4. The standard InChI is InChI=1S/C14H16BrF2NO2/c1-20-13(19)12-7-11(15)4-3-10(12)8-18-6-2-5-14(16,17)9-18/h3-4,7H,2,5-6,8-9H2,1H3. The number of likely N-dealkylation sites (tertiary alicyclic amines) is 1. The number of methoxy groups -OCH3 is 1. The van der Waals surface area contributed by atoms with E-state index in [4.69, 9.17) is 4.74 Å². The average Bonchev–Trinajstić information content (AvgIpc) is 2.39. The van der Waals surface area contributed by atoms with Crippen molar-refractivity contribution >= 4 is 21.9 Å². The van der Waals surface area contributed by atoms with Gasteiger partial charge in [0.1, 0.15) is 0 Å². The van der Waals surface area contributed by atoms with Crippen molar-refractivity contribution in [3.63, 3.8) is 0 Å². The molecule has 0 saturated carbocycles. The van der Waals surface area contributed by atoms with Crippen LogP contribution in [-0.4, -0.2) is 37.0 Å². The highest BCUT2D eigenvalue weighted by Crippen LogP contribution is 2.28. The van der Waals surface area contributed by atoms with Gasteiger partial charge in [-0.2, -0.15) is 0 Å². The van der Waals surface area contributed by atoms with Crippen LogP contribution in [0.3, 0.4) is 0 Å². The molecule has 0 atom stereocenters. The number of ether oxygens (including phenoxy) is 1. The topological polar surface area (TPSA) is 29.5 Å². The Labute approximate surface area is 125 Å². The van der Waals surface area contributed by atoms with Crippen LogP contribution in [0.25, 0.3) is 0 Å². The Bertz CT molecular complexity index is 508. The number of hydrogen-bond donors (Lipinski definition) is 0.